The molecule has 3 aromatic carbocycles. The second kappa shape index (κ2) is 15.1. The lowest BCUT2D eigenvalue weighted by atomic mass is 9.68. The van der Waals surface area contributed by atoms with Gasteiger partial charge in [0.15, 0.2) is 11.5 Å². The number of aromatic nitrogens is 1. The largest absolute Gasteiger partial charge is 0.504 e. The average Bonchev–Trinajstić information content (AvgIpc) is 3.61. The summed E-state index contributed by atoms with van der Waals surface area (Å²) in [6.45, 7) is 4.33. The maximum Gasteiger partial charge on any atom is 0.164 e. The van der Waals surface area contributed by atoms with Gasteiger partial charge in [0.25, 0.3) is 0 Å². The molecule has 5 aliphatic rings. The Labute approximate surface area is 307 Å². The fraction of sp³-hybridized carbons (Fsp3) is 0.455. The lowest BCUT2D eigenvalue weighted by Crippen LogP contribution is -2.39. The predicted molar refractivity (Wildman–Crippen MR) is 205 cm³/mol. The number of phenolic OH excluding ortho intramolecular Hbond substituents is 1. The van der Waals surface area contributed by atoms with E-state index in [1.165, 1.54) is 11.1 Å². The molecule has 4 aromatic rings. The van der Waals surface area contributed by atoms with Crippen LogP contribution in [0.1, 0.15) is 86.1 Å². The van der Waals surface area contributed by atoms with E-state index in [-0.39, 0.29) is 29.4 Å². The van der Waals surface area contributed by atoms with Crippen molar-refractivity contribution in [1.82, 2.24) is 9.88 Å². The van der Waals surface area contributed by atoms with Gasteiger partial charge < -0.3 is 40.0 Å². The van der Waals surface area contributed by atoms with Gasteiger partial charge in [-0.25, -0.2) is 0 Å². The molecule has 0 spiro atoms. The highest BCUT2D eigenvalue weighted by atomic mass is 16.5. The molecule has 4 atom stereocenters. The highest BCUT2D eigenvalue weighted by molar-refractivity contribution is 5.88. The third kappa shape index (κ3) is 6.90. The molecule has 0 radical (unpaired) electrons. The van der Waals surface area contributed by atoms with Crippen LogP contribution in [0.4, 0.5) is 0 Å². The van der Waals surface area contributed by atoms with E-state index >= 15 is 0 Å². The Morgan fingerprint density at radius 1 is 0.981 bits per heavy atom. The van der Waals surface area contributed by atoms with Gasteiger partial charge in [-0.15, -0.1) is 0 Å². The number of aliphatic hydroxyl groups excluding tert-OH is 1. The van der Waals surface area contributed by atoms with E-state index in [4.69, 9.17) is 19.9 Å². The van der Waals surface area contributed by atoms with Gasteiger partial charge in [0.2, 0.25) is 0 Å². The first-order valence-corrected chi connectivity index (χ1v) is 19.4. The molecule has 4 unspecified atom stereocenters. The van der Waals surface area contributed by atoms with Crippen LogP contribution in [-0.2, 0) is 34.3 Å². The number of aliphatic hydroxyl groups is 1. The number of hydrogen-bond donors (Lipinski definition) is 4. The van der Waals surface area contributed by atoms with Crippen LogP contribution in [0.3, 0.4) is 0 Å². The quantitative estimate of drug-likeness (QED) is 0.154. The number of nitrogens with one attached hydrogen (secondary N) is 1. The molecule has 1 aromatic heterocycles. The molecule has 0 saturated carbocycles. The van der Waals surface area contributed by atoms with Crippen LogP contribution < -0.4 is 15.8 Å². The summed E-state index contributed by atoms with van der Waals surface area (Å²) in [5.74, 6) is 1.73. The van der Waals surface area contributed by atoms with Crippen LogP contribution in [0.2, 0.25) is 0 Å². The molecule has 9 rings (SSSR count). The van der Waals surface area contributed by atoms with Crippen molar-refractivity contribution in [3.63, 3.8) is 0 Å². The second-order valence-electron chi connectivity index (χ2n) is 15.3. The van der Waals surface area contributed by atoms with Gasteiger partial charge in [-0.05, 0) is 91.3 Å². The summed E-state index contributed by atoms with van der Waals surface area (Å²) in [5.41, 5.74) is 13.1. The monoisotopic (exact) mass is 703 g/mol. The van der Waals surface area contributed by atoms with E-state index in [1.807, 2.05) is 12.1 Å². The van der Waals surface area contributed by atoms with Gasteiger partial charge in [0, 0.05) is 52.9 Å². The number of benzene rings is 3. The molecule has 5 N–H and O–H groups in total. The maximum absolute atomic E-state index is 11.6. The number of fused-ring (bicyclic) bond motifs is 6. The Hall–Kier alpha value is -4.08. The Morgan fingerprint density at radius 2 is 1.83 bits per heavy atom. The normalized spacial score (nSPS) is 24.6. The van der Waals surface area contributed by atoms with Crippen LogP contribution in [0, 0.1) is 5.92 Å². The van der Waals surface area contributed by atoms with Crippen LogP contribution in [0.25, 0.3) is 16.6 Å². The average molecular weight is 704 g/mol. The van der Waals surface area contributed by atoms with Crippen molar-refractivity contribution in [2.45, 2.75) is 102 Å². The van der Waals surface area contributed by atoms with E-state index in [0.29, 0.717) is 38.6 Å². The minimum atomic E-state index is -0.483. The Kier molecular flexibility index (Phi) is 10.2. The molecule has 5 heterocycles. The van der Waals surface area contributed by atoms with E-state index in [9.17, 15) is 10.2 Å². The number of aromatic hydroxyl groups is 1. The predicted octanol–water partition coefficient (Wildman–Crippen LogP) is 7.47. The number of hydrogen-bond acceptors (Lipinski definition) is 7. The van der Waals surface area contributed by atoms with Crippen molar-refractivity contribution >= 4 is 16.6 Å². The topological polar surface area (TPSA) is 111 Å². The zero-order valence-electron chi connectivity index (χ0n) is 30.4. The minimum Gasteiger partial charge on any atom is -0.504 e. The van der Waals surface area contributed by atoms with Crippen molar-refractivity contribution in [1.29, 1.82) is 0 Å². The van der Waals surface area contributed by atoms with Gasteiger partial charge in [-0.2, -0.15) is 0 Å². The smallest absolute Gasteiger partial charge is 0.164 e. The van der Waals surface area contributed by atoms with E-state index < -0.39 is 6.10 Å². The van der Waals surface area contributed by atoms with Crippen LogP contribution >= 0.6 is 0 Å². The number of nitrogens with two attached hydrogens (primary N) is 1. The van der Waals surface area contributed by atoms with Crippen LogP contribution in [0.5, 0.6) is 11.5 Å². The number of unbranched alkanes of at least 4 members (excludes halogenated alkanes) is 2. The van der Waals surface area contributed by atoms with Gasteiger partial charge in [-0.1, -0.05) is 74.7 Å². The highest BCUT2D eigenvalue weighted by Gasteiger charge is 2.37. The highest BCUT2D eigenvalue weighted by Crippen LogP contribution is 2.44. The molecular weight excluding hydrogens is 651 g/mol. The van der Waals surface area contributed by atoms with Gasteiger partial charge in [-0.3, -0.25) is 0 Å². The van der Waals surface area contributed by atoms with Crippen molar-refractivity contribution in [2.24, 2.45) is 11.7 Å². The summed E-state index contributed by atoms with van der Waals surface area (Å²) in [7, 11) is 0. The van der Waals surface area contributed by atoms with E-state index in [0.717, 1.165) is 96.6 Å². The summed E-state index contributed by atoms with van der Waals surface area (Å²) in [4.78, 5) is 0. The summed E-state index contributed by atoms with van der Waals surface area (Å²) >= 11 is 0. The molecule has 52 heavy (non-hydrogen) atoms. The maximum atomic E-state index is 11.6. The van der Waals surface area contributed by atoms with Crippen LogP contribution in [0.15, 0.2) is 84.7 Å². The standard InChI is InChI=1S/C44H53N3O5/c1-2-3-5-10-36-24-40(49)30-11-14-37-29(21-30)12-15-39(48)42(37)52-28-33-23-35(44(17-19-50-20-18-44)34-8-6-4-7-9-34)22-32-25-47(26-38(32)33)43-31(27-51-36)13-16-41(45)46-43/h4,6-9,12-13,15-16,22-23,25-26,30,36,40-41,46,48-49H,2-3,5,10-11,14,17-21,24,27-28,45H2,1H3. The summed E-state index contributed by atoms with van der Waals surface area (Å²) in [6.07, 6.45) is 16.5. The summed E-state index contributed by atoms with van der Waals surface area (Å²) in [6, 6.07) is 19.3. The van der Waals surface area contributed by atoms with Gasteiger partial charge >= 0.3 is 0 Å². The van der Waals surface area contributed by atoms with Gasteiger partial charge in [0.1, 0.15) is 12.4 Å². The first-order valence-electron chi connectivity index (χ1n) is 19.4. The Bertz CT molecular complexity index is 1940. The Balaban J connectivity index is 1.28. The van der Waals surface area contributed by atoms with Crippen molar-refractivity contribution in [3.05, 3.63) is 113 Å². The fourth-order valence-electron chi connectivity index (χ4n) is 9.06. The molecule has 274 valence electrons. The molecular formula is C44H53N3O5. The SMILES string of the molecule is CCCCCC1CC(O)C2CCc3c(ccc(O)c3OCc3cc(C4(c5ccccc5)CCOCC4)cc4cn(cc34)C3=C(C=CC(N)N3)CO1)C2. The molecule has 6 bridgehead atoms. The second-order valence-corrected chi connectivity index (χ2v) is 15.3. The van der Waals surface area contributed by atoms with E-state index in [1.54, 1.807) is 6.07 Å². The van der Waals surface area contributed by atoms with E-state index in [2.05, 4.69) is 77.7 Å². The molecule has 4 aliphatic heterocycles. The van der Waals surface area contributed by atoms with Crippen LogP contribution in [-0.4, -0.2) is 53.0 Å². The van der Waals surface area contributed by atoms with Crippen molar-refractivity contribution in [3.8, 4) is 11.5 Å². The fourth-order valence-corrected chi connectivity index (χ4v) is 9.06. The van der Waals surface area contributed by atoms with Crippen molar-refractivity contribution < 1.29 is 24.4 Å². The molecule has 1 aliphatic carbocycles. The zero-order chi connectivity index (χ0) is 35.7. The minimum absolute atomic E-state index is 0.0650. The number of rotatable bonds is 6. The van der Waals surface area contributed by atoms with Gasteiger partial charge in [0.05, 0.1) is 25.0 Å². The molecule has 1 saturated heterocycles. The Morgan fingerprint density at radius 3 is 2.65 bits per heavy atom. The molecule has 8 heteroatoms. The lowest BCUT2D eigenvalue weighted by Gasteiger charge is -2.39. The number of nitrogens with zero attached hydrogens (tertiary/aromatic N) is 1. The number of phenols is 1. The third-order valence-electron chi connectivity index (χ3n) is 12.0. The molecule has 8 nitrogen and oxygen atoms in total. The molecule has 0 amide bonds. The summed E-state index contributed by atoms with van der Waals surface area (Å²) in [5, 5.41) is 28.5. The first kappa shape index (κ1) is 35.0. The lowest BCUT2D eigenvalue weighted by molar-refractivity contribution is -0.00190. The zero-order valence-corrected chi connectivity index (χ0v) is 30.4. The number of ether oxygens (including phenoxy) is 3. The number of dihydropyridines is 1. The summed E-state index contributed by atoms with van der Waals surface area (Å²) < 4.78 is 21.5. The molecule has 1 fully saturated rings. The first-order chi connectivity index (χ1) is 25.4. The third-order valence-corrected chi connectivity index (χ3v) is 12.0. The van der Waals surface area contributed by atoms with Crippen molar-refractivity contribution in [2.75, 3.05) is 19.8 Å².